The van der Waals surface area contributed by atoms with E-state index in [0.29, 0.717) is 6.61 Å². The molecule has 0 saturated carbocycles. The van der Waals surface area contributed by atoms with Gasteiger partial charge in [-0.2, -0.15) is 0 Å². The SMILES string of the molecule is CCOc1nsc([N+](=O)[O-])c1N. The van der Waals surface area contributed by atoms with Crippen LogP contribution in [0.3, 0.4) is 0 Å². The maximum absolute atomic E-state index is 10.3. The maximum atomic E-state index is 10.3. The zero-order valence-electron chi connectivity index (χ0n) is 6.31. The molecular weight excluding hydrogens is 182 g/mol. The third-order valence-electron chi connectivity index (χ3n) is 1.12. The molecule has 0 unspecified atom stereocenters. The fourth-order valence-electron chi connectivity index (χ4n) is 0.647. The Morgan fingerprint density at radius 1 is 1.83 bits per heavy atom. The quantitative estimate of drug-likeness (QED) is 0.566. The molecule has 0 atom stereocenters. The standard InChI is InChI=1S/C5H7N3O3S/c1-2-11-4-3(6)5(8(9)10)12-7-4/h2,6H2,1H3. The van der Waals surface area contributed by atoms with E-state index in [4.69, 9.17) is 10.5 Å². The summed E-state index contributed by atoms with van der Waals surface area (Å²) in [6.07, 6.45) is 0. The number of hydrogen-bond donors (Lipinski definition) is 1. The molecule has 0 spiro atoms. The van der Waals surface area contributed by atoms with Crippen LogP contribution >= 0.6 is 11.5 Å². The average molecular weight is 189 g/mol. The number of nitrogens with zero attached hydrogens (tertiary/aromatic N) is 2. The number of nitrogen functional groups attached to an aromatic ring is 1. The van der Waals surface area contributed by atoms with Crippen LogP contribution in [0.15, 0.2) is 0 Å². The fraction of sp³-hybridized carbons (Fsp3) is 0.400. The van der Waals surface area contributed by atoms with Crippen molar-refractivity contribution in [2.75, 3.05) is 12.3 Å². The molecule has 0 aromatic carbocycles. The Labute approximate surface area is 72.3 Å². The van der Waals surface area contributed by atoms with E-state index < -0.39 is 4.92 Å². The summed E-state index contributed by atoms with van der Waals surface area (Å²) in [5.74, 6) is 0.147. The van der Waals surface area contributed by atoms with Gasteiger partial charge in [-0.1, -0.05) is 0 Å². The summed E-state index contributed by atoms with van der Waals surface area (Å²) in [5.41, 5.74) is 5.38. The fourth-order valence-corrected chi connectivity index (χ4v) is 1.22. The summed E-state index contributed by atoms with van der Waals surface area (Å²) < 4.78 is 8.62. The Balaban J connectivity index is 2.96. The number of ether oxygens (including phenoxy) is 1. The monoisotopic (exact) mass is 189 g/mol. The minimum absolute atomic E-state index is 0.00634. The maximum Gasteiger partial charge on any atom is 0.370 e. The lowest BCUT2D eigenvalue weighted by molar-refractivity contribution is -0.379. The number of rotatable bonds is 3. The summed E-state index contributed by atoms with van der Waals surface area (Å²) in [4.78, 5) is 9.71. The second-order valence-corrected chi connectivity index (χ2v) is 2.65. The average Bonchev–Trinajstić information content (AvgIpc) is 2.34. The lowest BCUT2D eigenvalue weighted by Crippen LogP contribution is -1.96. The van der Waals surface area contributed by atoms with Gasteiger partial charge in [0, 0.05) is 11.5 Å². The molecular formula is C5H7N3O3S. The Hall–Kier alpha value is -1.37. The van der Waals surface area contributed by atoms with Gasteiger partial charge in [0.1, 0.15) is 0 Å². The third kappa shape index (κ3) is 1.45. The molecule has 0 saturated heterocycles. The van der Waals surface area contributed by atoms with Crippen LogP contribution in [0.1, 0.15) is 6.92 Å². The summed E-state index contributed by atoms with van der Waals surface area (Å²) >= 11 is 0.725. The van der Waals surface area contributed by atoms with Crippen molar-refractivity contribution in [2.24, 2.45) is 0 Å². The number of aromatic nitrogens is 1. The van der Waals surface area contributed by atoms with Crippen LogP contribution in [0.4, 0.5) is 10.7 Å². The van der Waals surface area contributed by atoms with Crippen molar-refractivity contribution >= 4 is 22.2 Å². The molecule has 6 nitrogen and oxygen atoms in total. The molecule has 1 rings (SSSR count). The second kappa shape index (κ2) is 3.35. The van der Waals surface area contributed by atoms with Gasteiger partial charge in [0.05, 0.1) is 11.5 Å². The van der Waals surface area contributed by atoms with Gasteiger partial charge >= 0.3 is 5.00 Å². The Kier molecular flexibility index (Phi) is 2.44. The summed E-state index contributed by atoms with van der Waals surface area (Å²) in [5, 5.41) is 10.1. The first-order valence-corrected chi connectivity index (χ1v) is 3.96. The van der Waals surface area contributed by atoms with E-state index in [1.54, 1.807) is 6.92 Å². The predicted molar refractivity (Wildman–Crippen MR) is 44.3 cm³/mol. The molecule has 66 valence electrons. The zero-order valence-corrected chi connectivity index (χ0v) is 7.13. The van der Waals surface area contributed by atoms with Crippen molar-refractivity contribution in [1.29, 1.82) is 0 Å². The minimum atomic E-state index is -0.574. The van der Waals surface area contributed by atoms with E-state index in [1.165, 1.54) is 0 Å². The molecule has 12 heavy (non-hydrogen) atoms. The largest absolute Gasteiger partial charge is 0.476 e. The predicted octanol–water partition coefficient (Wildman–Crippen LogP) is 1.03. The van der Waals surface area contributed by atoms with Crippen LogP contribution in [-0.2, 0) is 0 Å². The highest BCUT2D eigenvalue weighted by molar-refractivity contribution is 7.10. The van der Waals surface area contributed by atoms with Gasteiger partial charge in [-0.05, 0) is 6.92 Å². The first kappa shape index (κ1) is 8.72. The number of nitrogens with two attached hydrogens (primary N) is 1. The molecule has 0 radical (unpaired) electrons. The van der Waals surface area contributed by atoms with Crippen molar-refractivity contribution in [3.63, 3.8) is 0 Å². The number of hydrogen-bond acceptors (Lipinski definition) is 6. The molecule has 2 N–H and O–H groups in total. The van der Waals surface area contributed by atoms with Gasteiger partial charge in [0.25, 0.3) is 5.88 Å². The third-order valence-corrected chi connectivity index (χ3v) is 1.92. The highest BCUT2D eigenvalue weighted by Crippen LogP contribution is 2.34. The van der Waals surface area contributed by atoms with Crippen LogP contribution in [0, 0.1) is 10.1 Å². The van der Waals surface area contributed by atoms with E-state index in [9.17, 15) is 10.1 Å². The normalized spacial score (nSPS) is 9.75. The Morgan fingerprint density at radius 3 is 2.92 bits per heavy atom. The summed E-state index contributed by atoms with van der Waals surface area (Å²) in [6, 6.07) is 0. The van der Waals surface area contributed by atoms with E-state index >= 15 is 0 Å². The molecule has 0 amide bonds. The number of nitro groups is 1. The second-order valence-electron chi connectivity index (χ2n) is 1.90. The molecule has 0 aliphatic heterocycles. The van der Waals surface area contributed by atoms with E-state index in [2.05, 4.69) is 4.37 Å². The van der Waals surface area contributed by atoms with Crippen LogP contribution in [0.25, 0.3) is 0 Å². The van der Waals surface area contributed by atoms with Crippen molar-refractivity contribution < 1.29 is 9.66 Å². The molecule has 0 aliphatic carbocycles. The summed E-state index contributed by atoms with van der Waals surface area (Å²) in [6.45, 7) is 2.15. The molecule has 0 bridgehead atoms. The van der Waals surface area contributed by atoms with Gasteiger partial charge in [0.15, 0.2) is 5.69 Å². The van der Waals surface area contributed by atoms with Gasteiger partial charge in [-0.15, -0.1) is 4.37 Å². The molecule has 7 heteroatoms. The lowest BCUT2D eigenvalue weighted by Gasteiger charge is -1.96. The molecule has 1 aromatic rings. The van der Waals surface area contributed by atoms with Crippen molar-refractivity contribution in [1.82, 2.24) is 4.37 Å². The Morgan fingerprint density at radius 2 is 2.50 bits per heavy atom. The first-order chi connectivity index (χ1) is 5.66. The van der Waals surface area contributed by atoms with Crippen LogP contribution in [0.2, 0.25) is 0 Å². The molecule has 0 fully saturated rings. The van der Waals surface area contributed by atoms with Gasteiger partial charge in [-0.3, -0.25) is 10.1 Å². The highest BCUT2D eigenvalue weighted by atomic mass is 32.1. The molecule has 1 heterocycles. The van der Waals surface area contributed by atoms with E-state index in [0.717, 1.165) is 11.5 Å². The van der Waals surface area contributed by atoms with Crippen LogP contribution in [-0.4, -0.2) is 15.9 Å². The van der Waals surface area contributed by atoms with Crippen LogP contribution in [0.5, 0.6) is 5.88 Å². The lowest BCUT2D eigenvalue weighted by atomic mass is 10.5. The topological polar surface area (TPSA) is 91.3 Å². The highest BCUT2D eigenvalue weighted by Gasteiger charge is 2.20. The molecule has 0 aliphatic rings. The first-order valence-electron chi connectivity index (χ1n) is 3.19. The van der Waals surface area contributed by atoms with E-state index in [-0.39, 0.29) is 16.6 Å². The zero-order chi connectivity index (χ0) is 9.14. The number of anilines is 1. The van der Waals surface area contributed by atoms with Crippen LogP contribution < -0.4 is 10.5 Å². The van der Waals surface area contributed by atoms with Crippen molar-refractivity contribution in [2.45, 2.75) is 6.92 Å². The van der Waals surface area contributed by atoms with Crippen molar-refractivity contribution in [3.05, 3.63) is 10.1 Å². The van der Waals surface area contributed by atoms with Crippen molar-refractivity contribution in [3.8, 4) is 5.88 Å². The molecule has 1 aromatic heterocycles. The minimum Gasteiger partial charge on any atom is -0.476 e. The van der Waals surface area contributed by atoms with Gasteiger partial charge < -0.3 is 10.5 Å². The smallest absolute Gasteiger partial charge is 0.370 e. The van der Waals surface area contributed by atoms with Gasteiger partial charge in [0.2, 0.25) is 0 Å². The summed E-state index contributed by atoms with van der Waals surface area (Å²) in [7, 11) is 0. The Bertz CT molecular complexity index is 298. The van der Waals surface area contributed by atoms with E-state index in [1.807, 2.05) is 0 Å². The van der Waals surface area contributed by atoms with Gasteiger partial charge in [-0.25, -0.2) is 0 Å².